The molecular formula is C17H14N+. The van der Waals surface area contributed by atoms with Crippen molar-refractivity contribution >= 4 is 23.0 Å². The van der Waals surface area contributed by atoms with Crippen LogP contribution in [0.5, 0.6) is 0 Å². The lowest BCUT2D eigenvalue weighted by Gasteiger charge is -1.94. The molecule has 18 heavy (non-hydrogen) atoms. The standard InChI is InChI=1S/C17H14N/c1-2-6-15(7-3-1)10-12-18-13-11-16-8-4-5-9-17(16)14-18/h1-14H/q+1/b12-10+. The molecule has 1 heterocycles. The third-order valence-electron chi connectivity index (χ3n) is 2.95. The van der Waals surface area contributed by atoms with Crippen molar-refractivity contribution in [1.82, 2.24) is 0 Å². The van der Waals surface area contributed by atoms with Crippen molar-refractivity contribution < 1.29 is 4.57 Å². The Bertz CT molecular complexity index is 684. The Kier molecular flexibility index (Phi) is 2.89. The SMILES string of the molecule is C(=C\[n+]1ccc2ccccc2c1)/c1ccccc1. The normalized spacial score (nSPS) is 11.1. The summed E-state index contributed by atoms with van der Waals surface area (Å²) in [6, 6.07) is 20.8. The van der Waals surface area contributed by atoms with Gasteiger partial charge in [-0.3, -0.25) is 0 Å². The third kappa shape index (κ3) is 2.30. The number of hydrogen-bond acceptors (Lipinski definition) is 0. The van der Waals surface area contributed by atoms with E-state index in [9.17, 15) is 0 Å². The van der Waals surface area contributed by atoms with Gasteiger partial charge in [0.05, 0.1) is 0 Å². The van der Waals surface area contributed by atoms with E-state index in [1.807, 2.05) is 18.2 Å². The van der Waals surface area contributed by atoms with E-state index in [1.54, 1.807) is 0 Å². The topological polar surface area (TPSA) is 3.88 Å². The zero-order chi connectivity index (χ0) is 12.2. The maximum Gasteiger partial charge on any atom is 0.182 e. The zero-order valence-electron chi connectivity index (χ0n) is 10.0. The van der Waals surface area contributed by atoms with Crippen molar-refractivity contribution in [2.75, 3.05) is 0 Å². The molecule has 1 nitrogen and oxygen atoms in total. The monoisotopic (exact) mass is 232 g/mol. The van der Waals surface area contributed by atoms with Crippen molar-refractivity contribution in [2.24, 2.45) is 0 Å². The van der Waals surface area contributed by atoms with Gasteiger partial charge in [-0.1, -0.05) is 48.5 Å². The number of benzene rings is 2. The van der Waals surface area contributed by atoms with Crippen molar-refractivity contribution in [3.05, 3.63) is 78.6 Å². The van der Waals surface area contributed by atoms with Gasteiger partial charge in [0.15, 0.2) is 18.6 Å². The van der Waals surface area contributed by atoms with E-state index in [-0.39, 0.29) is 0 Å². The van der Waals surface area contributed by atoms with E-state index in [0.717, 1.165) is 0 Å². The lowest BCUT2D eigenvalue weighted by molar-refractivity contribution is -0.565. The quantitative estimate of drug-likeness (QED) is 0.592. The minimum Gasteiger partial charge on any atom is -0.173 e. The Balaban J connectivity index is 1.93. The molecule has 0 unspecified atom stereocenters. The van der Waals surface area contributed by atoms with Gasteiger partial charge in [0, 0.05) is 17.5 Å². The Morgan fingerprint density at radius 3 is 2.28 bits per heavy atom. The van der Waals surface area contributed by atoms with E-state index in [0.29, 0.717) is 0 Å². The summed E-state index contributed by atoms with van der Waals surface area (Å²) in [7, 11) is 0. The van der Waals surface area contributed by atoms with Crippen molar-refractivity contribution in [3.8, 4) is 0 Å². The Morgan fingerprint density at radius 2 is 1.44 bits per heavy atom. The van der Waals surface area contributed by atoms with Gasteiger partial charge in [0.1, 0.15) is 0 Å². The van der Waals surface area contributed by atoms with Crippen LogP contribution < -0.4 is 4.57 Å². The molecule has 1 heteroatoms. The van der Waals surface area contributed by atoms with E-state index < -0.39 is 0 Å². The summed E-state index contributed by atoms with van der Waals surface area (Å²) in [6.45, 7) is 0. The first-order valence-corrected chi connectivity index (χ1v) is 6.05. The van der Waals surface area contributed by atoms with Crippen molar-refractivity contribution in [2.45, 2.75) is 0 Å². The predicted molar refractivity (Wildman–Crippen MR) is 75.8 cm³/mol. The first-order chi connectivity index (χ1) is 8.92. The molecule has 0 amide bonds. The summed E-state index contributed by atoms with van der Waals surface area (Å²) in [6.07, 6.45) is 8.38. The molecule has 0 bridgehead atoms. The van der Waals surface area contributed by atoms with Crippen LogP contribution in [0.3, 0.4) is 0 Å². The van der Waals surface area contributed by atoms with Gasteiger partial charge in [-0.2, -0.15) is 4.57 Å². The van der Waals surface area contributed by atoms with Gasteiger partial charge in [-0.15, -0.1) is 0 Å². The fraction of sp³-hybridized carbons (Fsp3) is 0. The first-order valence-electron chi connectivity index (χ1n) is 6.05. The molecule has 1 aromatic heterocycles. The van der Waals surface area contributed by atoms with Crippen LogP contribution in [0.25, 0.3) is 23.0 Å². The average molecular weight is 232 g/mol. The molecule has 86 valence electrons. The third-order valence-corrected chi connectivity index (χ3v) is 2.95. The molecule has 0 spiro atoms. The molecule has 2 aromatic carbocycles. The maximum absolute atomic E-state index is 2.13. The second-order valence-electron chi connectivity index (χ2n) is 4.25. The minimum atomic E-state index is 1.21. The molecule has 0 fully saturated rings. The van der Waals surface area contributed by atoms with Crippen LogP contribution in [0.4, 0.5) is 0 Å². The molecule has 0 atom stereocenters. The molecule has 0 aliphatic rings. The van der Waals surface area contributed by atoms with Crippen molar-refractivity contribution in [1.29, 1.82) is 0 Å². The number of aromatic nitrogens is 1. The second kappa shape index (κ2) is 4.84. The van der Waals surface area contributed by atoms with Crippen LogP contribution >= 0.6 is 0 Å². The number of nitrogens with zero attached hydrogens (tertiary/aromatic N) is 1. The molecule has 0 aliphatic heterocycles. The Labute approximate surface area is 107 Å². The van der Waals surface area contributed by atoms with Crippen LogP contribution in [0, 0.1) is 0 Å². The maximum atomic E-state index is 2.13. The Hall–Kier alpha value is -2.41. The Morgan fingerprint density at radius 1 is 0.722 bits per heavy atom. The van der Waals surface area contributed by atoms with Crippen LogP contribution in [0.15, 0.2) is 73.1 Å². The van der Waals surface area contributed by atoms with Crippen molar-refractivity contribution in [3.63, 3.8) is 0 Å². The summed E-state index contributed by atoms with van der Waals surface area (Å²) in [5.41, 5.74) is 1.21. The highest BCUT2D eigenvalue weighted by Gasteiger charge is 1.98. The summed E-state index contributed by atoms with van der Waals surface area (Å²) in [5.74, 6) is 0. The molecular weight excluding hydrogens is 218 g/mol. The molecule has 0 radical (unpaired) electrons. The number of rotatable bonds is 2. The van der Waals surface area contributed by atoms with E-state index >= 15 is 0 Å². The number of pyridine rings is 1. The highest BCUT2D eigenvalue weighted by Crippen LogP contribution is 2.09. The van der Waals surface area contributed by atoms with Gasteiger partial charge in [0.25, 0.3) is 0 Å². The molecule has 0 N–H and O–H groups in total. The van der Waals surface area contributed by atoms with Gasteiger partial charge < -0.3 is 0 Å². The highest BCUT2D eigenvalue weighted by atomic mass is 14.9. The molecule has 3 rings (SSSR count). The van der Waals surface area contributed by atoms with E-state index in [4.69, 9.17) is 0 Å². The lowest BCUT2D eigenvalue weighted by atomic mass is 10.2. The predicted octanol–water partition coefficient (Wildman–Crippen LogP) is 3.76. The van der Waals surface area contributed by atoms with E-state index in [1.165, 1.54) is 16.3 Å². The van der Waals surface area contributed by atoms with Crippen LogP contribution in [-0.2, 0) is 0 Å². The molecule has 0 saturated carbocycles. The molecule has 0 aliphatic carbocycles. The smallest absolute Gasteiger partial charge is 0.173 e. The zero-order valence-corrected chi connectivity index (χ0v) is 10.0. The van der Waals surface area contributed by atoms with Crippen LogP contribution in [0.2, 0.25) is 0 Å². The lowest BCUT2D eigenvalue weighted by Crippen LogP contribution is -2.23. The number of fused-ring (bicyclic) bond motifs is 1. The minimum absolute atomic E-state index is 1.21. The molecule has 0 saturated heterocycles. The van der Waals surface area contributed by atoms with Gasteiger partial charge in [0.2, 0.25) is 0 Å². The van der Waals surface area contributed by atoms with Gasteiger partial charge >= 0.3 is 0 Å². The van der Waals surface area contributed by atoms with Crippen LogP contribution in [0.1, 0.15) is 5.56 Å². The summed E-state index contributed by atoms with van der Waals surface area (Å²) in [5, 5.41) is 2.51. The molecule has 3 aromatic rings. The van der Waals surface area contributed by atoms with E-state index in [2.05, 4.69) is 71.7 Å². The average Bonchev–Trinajstić information content (AvgIpc) is 2.46. The van der Waals surface area contributed by atoms with Gasteiger partial charge in [-0.25, -0.2) is 0 Å². The summed E-state index contributed by atoms with van der Waals surface area (Å²) in [4.78, 5) is 0. The highest BCUT2D eigenvalue weighted by molar-refractivity contribution is 5.80. The van der Waals surface area contributed by atoms with Gasteiger partial charge in [-0.05, 0) is 17.0 Å². The van der Waals surface area contributed by atoms with Crippen LogP contribution in [-0.4, -0.2) is 0 Å². The summed E-state index contributed by atoms with van der Waals surface area (Å²) >= 11 is 0. The first kappa shape index (κ1) is 10.7. The fourth-order valence-electron chi connectivity index (χ4n) is 1.98. The fourth-order valence-corrected chi connectivity index (χ4v) is 1.98. The second-order valence-corrected chi connectivity index (χ2v) is 4.25. The number of hydrogen-bond donors (Lipinski definition) is 0. The largest absolute Gasteiger partial charge is 0.182 e. The summed E-state index contributed by atoms with van der Waals surface area (Å²) < 4.78 is 2.08.